The molecular weight excluding hydrogens is 410 g/mol. The Hall–Kier alpha value is -3.47. The third-order valence-electron chi connectivity index (χ3n) is 6.39. The number of benzene rings is 2. The number of likely N-dealkylation sites (tertiary alicyclic amines) is 1. The first kappa shape index (κ1) is 22.7. The van der Waals surface area contributed by atoms with E-state index in [0.717, 1.165) is 29.5 Å². The molecule has 2 heterocycles. The van der Waals surface area contributed by atoms with Crippen molar-refractivity contribution in [2.45, 2.75) is 39.8 Å². The minimum absolute atomic E-state index is 0.00483. The van der Waals surface area contributed by atoms with Gasteiger partial charge in [0.15, 0.2) is 0 Å². The lowest BCUT2D eigenvalue weighted by Crippen LogP contribution is -2.46. The molecule has 0 spiro atoms. The molecule has 1 fully saturated rings. The van der Waals surface area contributed by atoms with Crippen molar-refractivity contribution in [2.24, 2.45) is 5.92 Å². The largest absolute Gasteiger partial charge is 0.338 e. The molecule has 0 aliphatic carbocycles. The fourth-order valence-corrected chi connectivity index (χ4v) is 4.42. The molecule has 1 atom stereocenters. The second kappa shape index (κ2) is 10.4. The van der Waals surface area contributed by atoms with Gasteiger partial charge < -0.3 is 9.80 Å². The Morgan fingerprint density at radius 1 is 1.00 bits per heavy atom. The Labute approximate surface area is 196 Å². The summed E-state index contributed by atoms with van der Waals surface area (Å²) in [5.41, 5.74) is 5.11. The van der Waals surface area contributed by atoms with Crippen LogP contribution in [0.2, 0.25) is 0 Å². The highest BCUT2D eigenvalue weighted by atomic mass is 16.2. The second-order valence-corrected chi connectivity index (χ2v) is 8.94. The van der Waals surface area contributed by atoms with Crippen LogP contribution in [-0.4, -0.2) is 39.7 Å². The molecule has 4 rings (SSSR count). The van der Waals surface area contributed by atoms with Crippen LogP contribution in [0.15, 0.2) is 73.1 Å². The van der Waals surface area contributed by atoms with Gasteiger partial charge in [-0.05, 0) is 61.6 Å². The third-order valence-corrected chi connectivity index (χ3v) is 6.39. The van der Waals surface area contributed by atoms with E-state index in [9.17, 15) is 9.59 Å². The van der Waals surface area contributed by atoms with Crippen molar-refractivity contribution < 1.29 is 9.59 Å². The Bertz CT molecular complexity index is 1100. The van der Waals surface area contributed by atoms with Gasteiger partial charge in [-0.25, -0.2) is 0 Å². The number of carbonyl (C=O) groups excluding carboxylic acids is 2. The number of nitrogens with zero attached hydrogens (tertiary/aromatic N) is 3. The zero-order valence-electron chi connectivity index (χ0n) is 19.4. The monoisotopic (exact) mass is 441 g/mol. The van der Waals surface area contributed by atoms with Crippen molar-refractivity contribution in [3.05, 3.63) is 101 Å². The molecule has 0 radical (unpaired) electrons. The number of hydrogen-bond acceptors (Lipinski definition) is 3. The summed E-state index contributed by atoms with van der Waals surface area (Å²) in [6.07, 6.45) is 5.19. The van der Waals surface area contributed by atoms with Gasteiger partial charge in [0.2, 0.25) is 5.91 Å². The predicted octanol–water partition coefficient (Wildman–Crippen LogP) is 4.78. The third kappa shape index (κ3) is 5.67. The van der Waals surface area contributed by atoms with E-state index in [4.69, 9.17) is 0 Å². The molecule has 33 heavy (non-hydrogen) atoms. The molecule has 0 bridgehead atoms. The first-order valence-electron chi connectivity index (χ1n) is 11.6. The first-order chi connectivity index (χ1) is 16.0. The molecule has 1 aliphatic heterocycles. The van der Waals surface area contributed by atoms with E-state index >= 15 is 0 Å². The highest BCUT2D eigenvalue weighted by Gasteiger charge is 2.32. The van der Waals surface area contributed by atoms with Crippen LogP contribution in [0.3, 0.4) is 0 Å². The summed E-state index contributed by atoms with van der Waals surface area (Å²) < 4.78 is 0. The Kier molecular flexibility index (Phi) is 7.18. The van der Waals surface area contributed by atoms with Gasteiger partial charge in [-0.15, -0.1) is 0 Å². The molecule has 170 valence electrons. The van der Waals surface area contributed by atoms with Crippen LogP contribution in [0.1, 0.15) is 45.5 Å². The molecule has 0 N–H and O–H groups in total. The average Bonchev–Trinajstić information content (AvgIpc) is 2.85. The minimum Gasteiger partial charge on any atom is -0.338 e. The van der Waals surface area contributed by atoms with E-state index in [1.54, 1.807) is 6.20 Å². The van der Waals surface area contributed by atoms with E-state index in [0.29, 0.717) is 31.7 Å². The molecule has 2 aromatic carbocycles. The van der Waals surface area contributed by atoms with Crippen LogP contribution in [0.25, 0.3) is 0 Å². The fourth-order valence-electron chi connectivity index (χ4n) is 4.42. The minimum atomic E-state index is -0.200. The van der Waals surface area contributed by atoms with Crippen molar-refractivity contribution in [3.63, 3.8) is 0 Å². The van der Waals surface area contributed by atoms with E-state index in [-0.39, 0.29) is 17.7 Å². The maximum Gasteiger partial charge on any atom is 0.253 e. The van der Waals surface area contributed by atoms with Crippen LogP contribution < -0.4 is 0 Å². The summed E-state index contributed by atoms with van der Waals surface area (Å²) in [6, 6.07) is 19.7. The summed E-state index contributed by atoms with van der Waals surface area (Å²) in [4.78, 5) is 34.8. The van der Waals surface area contributed by atoms with E-state index < -0.39 is 0 Å². The SMILES string of the molecule is Cc1ccc(C(=O)N2CCCC(C(=O)N(Cc3cccnc3)Cc3ccccc3C)C2)cc1. The number of aryl methyl sites for hydroxylation is 2. The van der Waals surface area contributed by atoms with Gasteiger partial charge in [-0.3, -0.25) is 14.6 Å². The number of aromatic nitrogens is 1. The van der Waals surface area contributed by atoms with Crippen molar-refractivity contribution in [3.8, 4) is 0 Å². The number of rotatable bonds is 6. The van der Waals surface area contributed by atoms with Crippen LogP contribution in [0.5, 0.6) is 0 Å². The first-order valence-corrected chi connectivity index (χ1v) is 11.6. The summed E-state index contributed by atoms with van der Waals surface area (Å²) in [7, 11) is 0. The predicted molar refractivity (Wildman–Crippen MR) is 129 cm³/mol. The highest BCUT2D eigenvalue weighted by Crippen LogP contribution is 2.23. The van der Waals surface area contributed by atoms with Crippen molar-refractivity contribution in [2.75, 3.05) is 13.1 Å². The standard InChI is InChI=1S/C28H31N3O2/c1-21-11-13-24(14-12-21)27(32)30-16-6-10-26(20-30)28(33)31(18-23-8-5-15-29-17-23)19-25-9-4-3-7-22(25)2/h3-5,7-9,11-15,17,26H,6,10,16,18-20H2,1-2H3. The maximum atomic E-state index is 13.7. The van der Waals surface area contributed by atoms with Crippen LogP contribution >= 0.6 is 0 Å². The highest BCUT2D eigenvalue weighted by molar-refractivity contribution is 5.94. The van der Waals surface area contributed by atoms with Gasteiger partial charge in [0.25, 0.3) is 5.91 Å². The maximum absolute atomic E-state index is 13.7. The number of amides is 2. The van der Waals surface area contributed by atoms with Crippen LogP contribution in [0.4, 0.5) is 0 Å². The molecule has 1 aliphatic rings. The molecule has 2 amide bonds. The molecule has 1 saturated heterocycles. The van der Waals surface area contributed by atoms with Gasteiger partial charge in [0, 0.05) is 44.1 Å². The van der Waals surface area contributed by atoms with Gasteiger partial charge >= 0.3 is 0 Å². The number of hydrogen-bond donors (Lipinski definition) is 0. The second-order valence-electron chi connectivity index (χ2n) is 8.94. The Morgan fingerprint density at radius 2 is 1.79 bits per heavy atom. The zero-order chi connectivity index (χ0) is 23.2. The van der Waals surface area contributed by atoms with Crippen LogP contribution in [-0.2, 0) is 17.9 Å². The Balaban J connectivity index is 1.52. The molecule has 1 aromatic heterocycles. The molecular formula is C28H31N3O2. The zero-order valence-corrected chi connectivity index (χ0v) is 19.4. The molecule has 5 heteroatoms. The number of piperidine rings is 1. The van der Waals surface area contributed by atoms with Gasteiger partial charge in [0.1, 0.15) is 0 Å². The van der Waals surface area contributed by atoms with E-state index in [2.05, 4.69) is 24.0 Å². The van der Waals surface area contributed by atoms with Crippen molar-refractivity contribution >= 4 is 11.8 Å². The van der Waals surface area contributed by atoms with E-state index in [1.807, 2.05) is 71.5 Å². The topological polar surface area (TPSA) is 53.5 Å². The van der Waals surface area contributed by atoms with Gasteiger partial charge in [-0.1, -0.05) is 48.0 Å². The van der Waals surface area contributed by atoms with Gasteiger partial charge in [-0.2, -0.15) is 0 Å². The summed E-state index contributed by atoms with van der Waals surface area (Å²) in [6.45, 7) is 6.28. The Morgan fingerprint density at radius 3 is 2.52 bits per heavy atom. The molecule has 0 saturated carbocycles. The number of pyridine rings is 1. The van der Waals surface area contributed by atoms with Crippen LogP contribution in [0, 0.1) is 19.8 Å². The lowest BCUT2D eigenvalue weighted by molar-refractivity contribution is -0.138. The van der Waals surface area contributed by atoms with Crippen molar-refractivity contribution in [1.82, 2.24) is 14.8 Å². The van der Waals surface area contributed by atoms with Gasteiger partial charge in [0.05, 0.1) is 5.92 Å². The summed E-state index contributed by atoms with van der Waals surface area (Å²) in [5, 5.41) is 0. The normalized spacial score (nSPS) is 15.8. The molecule has 3 aromatic rings. The number of carbonyl (C=O) groups is 2. The lowest BCUT2D eigenvalue weighted by Gasteiger charge is -2.35. The summed E-state index contributed by atoms with van der Waals surface area (Å²) >= 11 is 0. The molecule has 5 nitrogen and oxygen atoms in total. The molecule has 1 unspecified atom stereocenters. The fraction of sp³-hybridized carbons (Fsp3) is 0.321. The smallest absolute Gasteiger partial charge is 0.253 e. The summed E-state index contributed by atoms with van der Waals surface area (Å²) in [5.74, 6) is -0.0948. The van der Waals surface area contributed by atoms with E-state index in [1.165, 1.54) is 5.56 Å². The quantitative estimate of drug-likeness (QED) is 0.553. The lowest BCUT2D eigenvalue weighted by atomic mass is 9.95. The average molecular weight is 442 g/mol. The van der Waals surface area contributed by atoms with Crippen molar-refractivity contribution in [1.29, 1.82) is 0 Å².